The second kappa shape index (κ2) is 7.02. The molecule has 1 rings (SSSR count). The molecule has 0 bridgehead atoms. The molecule has 0 aromatic heterocycles. The summed E-state index contributed by atoms with van der Waals surface area (Å²) in [5, 5.41) is 2.89. The molecule has 1 aliphatic rings. The summed E-state index contributed by atoms with van der Waals surface area (Å²) in [4.78, 5) is 23.2. The van der Waals surface area contributed by atoms with E-state index in [4.69, 9.17) is 4.74 Å². The average molecular weight is 273 g/mol. The maximum atomic E-state index is 11.7. The van der Waals surface area contributed by atoms with Crippen LogP contribution in [0.4, 0.5) is 0 Å². The van der Waals surface area contributed by atoms with Gasteiger partial charge in [-0.3, -0.25) is 9.59 Å². The minimum absolute atomic E-state index is 0.00469. The maximum absolute atomic E-state index is 11.7. The maximum Gasteiger partial charge on any atom is 0.307 e. The summed E-state index contributed by atoms with van der Waals surface area (Å²) < 4.78 is 5.23. The van der Waals surface area contributed by atoms with Gasteiger partial charge in [-0.1, -0.05) is 6.42 Å². The molecule has 4 nitrogen and oxygen atoms in total. The summed E-state index contributed by atoms with van der Waals surface area (Å²) in [6.07, 6.45) is 3.40. The fourth-order valence-electron chi connectivity index (χ4n) is 1.75. The van der Waals surface area contributed by atoms with Gasteiger partial charge in [-0.15, -0.1) is 11.8 Å². The molecule has 0 saturated carbocycles. The van der Waals surface area contributed by atoms with Crippen molar-refractivity contribution in [3.63, 3.8) is 0 Å². The monoisotopic (exact) mass is 273 g/mol. The first-order chi connectivity index (χ1) is 8.38. The van der Waals surface area contributed by atoms with Gasteiger partial charge >= 0.3 is 5.97 Å². The molecule has 5 heteroatoms. The van der Waals surface area contributed by atoms with Gasteiger partial charge in [-0.2, -0.15) is 0 Å². The SMILES string of the molecule is CC(C)(C)OC(=O)CCSC1CCCCNC1=O. The number of hydrogen-bond acceptors (Lipinski definition) is 4. The molecule has 0 aliphatic carbocycles. The van der Waals surface area contributed by atoms with Crippen molar-refractivity contribution in [3.8, 4) is 0 Å². The Balaban J connectivity index is 2.24. The van der Waals surface area contributed by atoms with Crippen LogP contribution in [0.5, 0.6) is 0 Å². The third-order valence-corrected chi connectivity index (χ3v) is 3.82. The summed E-state index contributed by atoms with van der Waals surface area (Å²) in [5.41, 5.74) is -0.429. The summed E-state index contributed by atoms with van der Waals surface area (Å²) in [6, 6.07) is 0. The minimum Gasteiger partial charge on any atom is -0.460 e. The van der Waals surface area contributed by atoms with Crippen molar-refractivity contribution < 1.29 is 14.3 Å². The van der Waals surface area contributed by atoms with E-state index in [2.05, 4.69) is 5.32 Å². The summed E-state index contributed by atoms with van der Waals surface area (Å²) in [6.45, 7) is 6.35. The zero-order valence-electron chi connectivity index (χ0n) is 11.5. The van der Waals surface area contributed by atoms with Crippen molar-refractivity contribution in [2.75, 3.05) is 12.3 Å². The standard InChI is InChI=1S/C13H23NO3S/c1-13(2,3)17-11(15)7-9-18-10-6-4-5-8-14-12(10)16/h10H,4-9H2,1-3H3,(H,14,16). The molecular weight excluding hydrogens is 250 g/mol. The number of rotatable bonds is 4. The molecule has 1 saturated heterocycles. The number of hydrogen-bond donors (Lipinski definition) is 1. The topological polar surface area (TPSA) is 55.4 Å². The van der Waals surface area contributed by atoms with Crippen LogP contribution in [0.2, 0.25) is 0 Å². The van der Waals surface area contributed by atoms with Crippen LogP contribution < -0.4 is 5.32 Å². The Labute approximate surface area is 113 Å². The van der Waals surface area contributed by atoms with Crippen molar-refractivity contribution in [2.24, 2.45) is 0 Å². The van der Waals surface area contributed by atoms with Gasteiger partial charge in [-0.25, -0.2) is 0 Å². The summed E-state index contributed by atoms with van der Waals surface area (Å²) in [7, 11) is 0. The van der Waals surface area contributed by atoms with Crippen molar-refractivity contribution >= 4 is 23.6 Å². The molecule has 1 amide bonds. The van der Waals surface area contributed by atoms with Gasteiger partial charge in [0.2, 0.25) is 5.91 Å². The van der Waals surface area contributed by atoms with Crippen LogP contribution in [-0.2, 0) is 14.3 Å². The van der Waals surface area contributed by atoms with Crippen LogP contribution in [0.1, 0.15) is 46.5 Å². The predicted molar refractivity (Wildman–Crippen MR) is 73.6 cm³/mol. The zero-order valence-corrected chi connectivity index (χ0v) is 12.3. The fourth-order valence-corrected chi connectivity index (χ4v) is 2.88. The lowest BCUT2D eigenvalue weighted by Gasteiger charge is -2.19. The Morgan fingerprint density at radius 3 is 2.83 bits per heavy atom. The van der Waals surface area contributed by atoms with Gasteiger partial charge in [0.05, 0.1) is 11.7 Å². The first-order valence-corrected chi connectivity index (χ1v) is 7.54. The molecule has 1 heterocycles. The third-order valence-electron chi connectivity index (χ3n) is 2.53. The van der Waals surface area contributed by atoms with Crippen LogP contribution in [0.25, 0.3) is 0 Å². The largest absolute Gasteiger partial charge is 0.460 e. The lowest BCUT2D eigenvalue weighted by Crippen LogP contribution is -2.31. The molecule has 1 fully saturated rings. The van der Waals surface area contributed by atoms with E-state index in [-0.39, 0.29) is 17.1 Å². The lowest BCUT2D eigenvalue weighted by molar-refractivity contribution is -0.154. The average Bonchev–Trinajstić information content (AvgIpc) is 2.41. The molecule has 1 N–H and O–H groups in total. The van der Waals surface area contributed by atoms with Crippen molar-refractivity contribution in [1.29, 1.82) is 0 Å². The highest BCUT2D eigenvalue weighted by molar-refractivity contribution is 8.00. The molecule has 1 unspecified atom stereocenters. The molecule has 0 aromatic carbocycles. The van der Waals surface area contributed by atoms with E-state index in [1.165, 1.54) is 0 Å². The van der Waals surface area contributed by atoms with Gasteiger partial charge in [0.25, 0.3) is 0 Å². The van der Waals surface area contributed by atoms with Gasteiger partial charge in [-0.05, 0) is 33.6 Å². The summed E-state index contributed by atoms with van der Waals surface area (Å²) in [5.74, 6) is 0.568. The van der Waals surface area contributed by atoms with Gasteiger partial charge in [0.15, 0.2) is 0 Å². The van der Waals surface area contributed by atoms with Crippen molar-refractivity contribution in [3.05, 3.63) is 0 Å². The highest BCUT2D eigenvalue weighted by Crippen LogP contribution is 2.21. The normalized spacial score (nSPS) is 21.1. The quantitative estimate of drug-likeness (QED) is 0.797. The van der Waals surface area contributed by atoms with Crippen molar-refractivity contribution in [1.82, 2.24) is 5.32 Å². The molecule has 0 aromatic rings. The molecule has 18 heavy (non-hydrogen) atoms. The first kappa shape index (κ1) is 15.3. The number of carbonyl (C=O) groups excluding carboxylic acids is 2. The van der Waals surface area contributed by atoms with E-state index in [1.807, 2.05) is 20.8 Å². The second-order valence-corrected chi connectivity index (χ2v) is 6.79. The lowest BCUT2D eigenvalue weighted by atomic mass is 10.2. The number of amides is 1. The van der Waals surface area contributed by atoms with Crippen LogP contribution in [0.15, 0.2) is 0 Å². The summed E-state index contributed by atoms with van der Waals surface area (Å²) >= 11 is 1.56. The van der Waals surface area contributed by atoms with E-state index in [1.54, 1.807) is 11.8 Å². The van der Waals surface area contributed by atoms with Crippen LogP contribution in [-0.4, -0.2) is 35.0 Å². The highest BCUT2D eigenvalue weighted by Gasteiger charge is 2.22. The first-order valence-electron chi connectivity index (χ1n) is 6.49. The molecule has 104 valence electrons. The number of carbonyl (C=O) groups is 2. The zero-order chi connectivity index (χ0) is 13.6. The Hall–Kier alpha value is -0.710. The Morgan fingerprint density at radius 1 is 1.44 bits per heavy atom. The molecule has 1 aliphatic heterocycles. The molecular formula is C13H23NO3S. The van der Waals surface area contributed by atoms with E-state index >= 15 is 0 Å². The Bertz CT molecular complexity index is 299. The Kier molecular flexibility index (Phi) is 5.99. The van der Waals surface area contributed by atoms with Crippen molar-refractivity contribution in [2.45, 2.75) is 57.3 Å². The highest BCUT2D eigenvalue weighted by atomic mass is 32.2. The number of nitrogens with one attached hydrogen (secondary N) is 1. The Morgan fingerprint density at radius 2 is 2.17 bits per heavy atom. The number of esters is 1. The third kappa shape index (κ3) is 6.28. The molecule has 0 radical (unpaired) electrons. The van der Waals surface area contributed by atoms with E-state index in [0.29, 0.717) is 12.2 Å². The number of thioether (sulfide) groups is 1. The smallest absolute Gasteiger partial charge is 0.307 e. The fraction of sp³-hybridized carbons (Fsp3) is 0.846. The van der Waals surface area contributed by atoms with Crippen LogP contribution in [0.3, 0.4) is 0 Å². The predicted octanol–water partition coefficient (Wildman–Crippen LogP) is 2.12. The van der Waals surface area contributed by atoms with Gasteiger partial charge < -0.3 is 10.1 Å². The van der Waals surface area contributed by atoms with Crippen LogP contribution >= 0.6 is 11.8 Å². The minimum atomic E-state index is -0.429. The van der Waals surface area contributed by atoms with Gasteiger partial charge in [0.1, 0.15) is 5.60 Å². The second-order valence-electron chi connectivity index (χ2n) is 5.48. The van der Waals surface area contributed by atoms with Crippen LogP contribution in [0, 0.1) is 0 Å². The van der Waals surface area contributed by atoms with E-state index in [9.17, 15) is 9.59 Å². The molecule has 0 spiro atoms. The number of ether oxygens (including phenoxy) is 1. The van der Waals surface area contributed by atoms with Gasteiger partial charge in [0, 0.05) is 12.3 Å². The van der Waals surface area contributed by atoms with E-state index < -0.39 is 5.60 Å². The molecule has 1 atom stereocenters. The van der Waals surface area contributed by atoms with E-state index in [0.717, 1.165) is 25.8 Å².